The zero-order chi connectivity index (χ0) is 12.1. The molecule has 0 bridgehead atoms. The number of nitrogens with one attached hydrogen (secondary N) is 1. The van der Waals surface area contributed by atoms with Crippen LogP contribution in [-0.2, 0) is 0 Å². The predicted molar refractivity (Wildman–Crippen MR) is 63.7 cm³/mol. The number of hydrogen-bond donors (Lipinski definition) is 1. The SMILES string of the molecule is O=C(NCCCCl)c1cc([N+](=O)[O-])c(Cl)s1. The van der Waals surface area contributed by atoms with Crippen LogP contribution in [0.1, 0.15) is 16.1 Å². The summed E-state index contributed by atoms with van der Waals surface area (Å²) in [6.45, 7) is 0.436. The molecule has 0 aliphatic rings. The molecule has 0 spiro atoms. The minimum Gasteiger partial charge on any atom is -0.351 e. The molecule has 0 radical (unpaired) electrons. The van der Waals surface area contributed by atoms with Gasteiger partial charge in [-0.25, -0.2) is 0 Å². The number of alkyl halides is 1. The van der Waals surface area contributed by atoms with E-state index >= 15 is 0 Å². The summed E-state index contributed by atoms with van der Waals surface area (Å²) in [5.41, 5.74) is -0.242. The maximum atomic E-state index is 11.5. The Bertz CT molecular complexity index is 408. The number of carbonyl (C=O) groups is 1. The van der Waals surface area contributed by atoms with E-state index < -0.39 is 4.92 Å². The predicted octanol–water partition coefficient (Wildman–Crippen LogP) is 2.67. The van der Waals surface area contributed by atoms with E-state index in [2.05, 4.69) is 5.32 Å². The van der Waals surface area contributed by atoms with Crippen molar-refractivity contribution in [2.75, 3.05) is 12.4 Å². The monoisotopic (exact) mass is 282 g/mol. The van der Waals surface area contributed by atoms with Crippen LogP contribution in [0.3, 0.4) is 0 Å². The number of nitro groups is 1. The van der Waals surface area contributed by atoms with E-state index in [0.29, 0.717) is 18.8 Å². The summed E-state index contributed by atoms with van der Waals surface area (Å²) < 4.78 is 0.00694. The summed E-state index contributed by atoms with van der Waals surface area (Å²) >= 11 is 12.0. The van der Waals surface area contributed by atoms with E-state index in [1.165, 1.54) is 6.07 Å². The third kappa shape index (κ3) is 3.33. The summed E-state index contributed by atoms with van der Waals surface area (Å²) in [6.07, 6.45) is 0.647. The molecule has 5 nitrogen and oxygen atoms in total. The first-order chi connectivity index (χ1) is 7.56. The van der Waals surface area contributed by atoms with E-state index in [9.17, 15) is 14.9 Å². The van der Waals surface area contributed by atoms with Gasteiger partial charge in [-0.2, -0.15) is 0 Å². The fourth-order valence-electron chi connectivity index (χ4n) is 0.951. The third-order valence-electron chi connectivity index (χ3n) is 1.69. The van der Waals surface area contributed by atoms with E-state index in [4.69, 9.17) is 23.2 Å². The highest BCUT2D eigenvalue weighted by Gasteiger charge is 2.20. The van der Waals surface area contributed by atoms with Crippen LogP contribution in [0.2, 0.25) is 4.34 Å². The van der Waals surface area contributed by atoms with Crippen molar-refractivity contribution in [2.45, 2.75) is 6.42 Å². The minimum absolute atomic E-state index is 0.00694. The lowest BCUT2D eigenvalue weighted by Crippen LogP contribution is -2.23. The molecule has 0 aliphatic carbocycles. The molecule has 88 valence electrons. The van der Waals surface area contributed by atoms with Crippen molar-refractivity contribution in [1.82, 2.24) is 5.32 Å². The van der Waals surface area contributed by atoms with Crippen molar-refractivity contribution >= 4 is 46.1 Å². The number of halogens is 2. The molecule has 8 heteroatoms. The first-order valence-corrected chi connectivity index (χ1v) is 6.07. The maximum Gasteiger partial charge on any atom is 0.299 e. The Labute approximate surface area is 106 Å². The molecule has 1 heterocycles. The average Bonchev–Trinajstić information content (AvgIpc) is 2.60. The number of carbonyl (C=O) groups excluding carboxylic acids is 1. The fraction of sp³-hybridized carbons (Fsp3) is 0.375. The van der Waals surface area contributed by atoms with E-state index in [0.717, 1.165) is 11.3 Å². The van der Waals surface area contributed by atoms with Crippen molar-refractivity contribution < 1.29 is 9.72 Å². The van der Waals surface area contributed by atoms with Crippen LogP contribution in [0.15, 0.2) is 6.07 Å². The van der Waals surface area contributed by atoms with Crippen molar-refractivity contribution in [3.8, 4) is 0 Å². The van der Waals surface area contributed by atoms with Crippen molar-refractivity contribution in [3.05, 3.63) is 25.4 Å². The number of nitrogens with zero attached hydrogens (tertiary/aromatic N) is 1. The van der Waals surface area contributed by atoms with Gasteiger partial charge in [0.05, 0.1) is 4.92 Å². The third-order valence-corrected chi connectivity index (χ3v) is 3.29. The molecule has 0 saturated heterocycles. The molecule has 1 rings (SSSR count). The standard InChI is InChI=1S/C8H8Cl2N2O3S/c9-2-1-3-11-8(13)6-4-5(12(14)15)7(10)16-6/h4H,1-3H2,(H,11,13). The van der Waals surface area contributed by atoms with Gasteiger partial charge in [-0.1, -0.05) is 11.6 Å². The second-order valence-electron chi connectivity index (χ2n) is 2.83. The van der Waals surface area contributed by atoms with Crippen LogP contribution in [0, 0.1) is 10.1 Å². The molecule has 1 aromatic rings. The number of amides is 1. The largest absolute Gasteiger partial charge is 0.351 e. The van der Waals surface area contributed by atoms with Gasteiger partial charge in [-0.05, 0) is 6.42 Å². The zero-order valence-corrected chi connectivity index (χ0v) is 10.4. The van der Waals surface area contributed by atoms with Crippen LogP contribution in [-0.4, -0.2) is 23.3 Å². The Balaban J connectivity index is 2.69. The van der Waals surface area contributed by atoms with Gasteiger partial charge in [0.2, 0.25) is 0 Å². The van der Waals surface area contributed by atoms with Gasteiger partial charge in [-0.15, -0.1) is 22.9 Å². The molecular formula is C8H8Cl2N2O3S. The maximum absolute atomic E-state index is 11.5. The van der Waals surface area contributed by atoms with Gasteiger partial charge in [-0.3, -0.25) is 14.9 Å². The summed E-state index contributed by atoms with van der Waals surface area (Å²) in [7, 11) is 0. The Morgan fingerprint density at radius 3 is 2.81 bits per heavy atom. The fourth-order valence-corrected chi connectivity index (χ4v) is 2.22. The van der Waals surface area contributed by atoms with Gasteiger partial charge in [0.25, 0.3) is 11.6 Å². The van der Waals surface area contributed by atoms with Crippen LogP contribution in [0.5, 0.6) is 0 Å². The van der Waals surface area contributed by atoms with Crippen molar-refractivity contribution in [1.29, 1.82) is 0 Å². The Morgan fingerprint density at radius 2 is 2.31 bits per heavy atom. The van der Waals surface area contributed by atoms with E-state index in [1.807, 2.05) is 0 Å². The normalized spacial score (nSPS) is 10.1. The van der Waals surface area contributed by atoms with Gasteiger partial charge in [0.15, 0.2) is 4.34 Å². The molecule has 0 fully saturated rings. The smallest absolute Gasteiger partial charge is 0.299 e. The first kappa shape index (κ1) is 13.2. The molecule has 0 saturated carbocycles. The number of rotatable bonds is 5. The summed E-state index contributed by atoms with van der Waals surface area (Å²) in [5.74, 6) is 0.0798. The summed E-state index contributed by atoms with van der Waals surface area (Å²) in [6, 6.07) is 1.17. The van der Waals surface area contributed by atoms with Crippen LogP contribution in [0.25, 0.3) is 0 Å². The molecule has 0 unspecified atom stereocenters. The first-order valence-electron chi connectivity index (χ1n) is 4.34. The van der Waals surface area contributed by atoms with Gasteiger partial charge >= 0.3 is 0 Å². The summed E-state index contributed by atoms with van der Waals surface area (Å²) in [4.78, 5) is 21.6. The van der Waals surface area contributed by atoms with Crippen molar-refractivity contribution in [3.63, 3.8) is 0 Å². The second-order valence-corrected chi connectivity index (χ2v) is 4.86. The quantitative estimate of drug-likeness (QED) is 0.391. The number of hydrogen-bond acceptors (Lipinski definition) is 4. The van der Waals surface area contributed by atoms with E-state index in [-0.39, 0.29) is 20.8 Å². The average molecular weight is 283 g/mol. The Morgan fingerprint density at radius 1 is 1.62 bits per heavy atom. The van der Waals surface area contributed by atoms with Crippen LogP contribution in [0.4, 0.5) is 5.69 Å². The topological polar surface area (TPSA) is 72.2 Å². The highest BCUT2D eigenvalue weighted by Crippen LogP contribution is 2.33. The molecule has 0 aliphatic heterocycles. The van der Waals surface area contributed by atoms with E-state index in [1.54, 1.807) is 0 Å². The highest BCUT2D eigenvalue weighted by atomic mass is 35.5. The number of thiophene rings is 1. The molecule has 0 aromatic carbocycles. The lowest BCUT2D eigenvalue weighted by molar-refractivity contribution is -0.384. The molecule has 0 atom stereocenters. The molecular weight excluding hydrogens is 275 g/mol. The van der Waals surface area contributed by atoms with Gasteiger partial charge in [0.1, 0.15) is 4.88 Å². The lowest BCUT2D eigenvalue weighted by Gasteiger charge is -1.99. The minimum atomic E-state index is -0.617. The van der Waals surface area contributed by atoms with Gasteiger partial charge in [0, 0.05) is 18.5 Å². The second kappa shape index (κ2) is 6.03. The van der Waals surface area contributed by atoms with Crippen LogP contribution < -0.4 is 5.32 Å². The van der Waals surface area contributed by atoms with Crippen molar-refractivity contribution in [2.24, 2.45) is 0 Å². The lowest BCUT2D eigenvalue weighted by atomic mass is 10.4. The zero-order valence-electron chi connectivity index (χ0n) is 8.03. The molecule has 16 heavy (non-hydrogen) atoms. The molecule has 1 N–H and O–H groups in total. The summed E-state index contributed by atoms with van der Waals surface area (Å²) in [5, 5.41) is 13.1. The molecule has 1 aromatic heterocycles. The molecule has 1 amide bonds. The Kier molecular flexibility index (Phi) is 4.98. The Hall–Kier alpha value is -0.850. The van der Waals surface area contributed by atoms with Crippen LogP contribution >= 0.6 is 34.5 Å². The van der Waals surface area contributed by atoms with Gasteiger partial charge < -0.3 is 5.32 Å². The highest BCUT2D eigenvalue weighted by molar-refractivity contribution is 7.18.